The highest BCUT2D eigenvalue weighted by atomic mass is 16.3. The topological polar surface area (TPSA) is 177 Å². The number of Topliss-reactive ketones (excluding diaryl/α,β-unsaturated/α-hetero) is 1. The van der Waals surface area contributed by atoms with Crippen LogP contribution >= 0.6 is 0 Å². The molecule has 2 unspecified atom stereocenters. The lowest BCUT2D eigenvalue weighted by molar-refractivity contribution is -0.147. The van der Waals surface area contributed by atoms with Crippen LogP contribution in [0, 0.1) is 22.7 Å². The van der Waals surface area contributed by atoms with Crippen molar-refractivity contribution in [3.63, 3.8) is 0 Å². The van der Waals surface area contributed by atoms with Gasteiger partial charge in [0.2, 0.25) is 23.5 Å². The Bertz CT molecular complexity index is 1290. The number of carbonyl (C=O) groups excluding carboxylic acids is 6. The summed E-state index contributed by atoms with van der Waals surface area (Å²) in [5.41, 5.74) is -1.07. The minimum atomic E-state index is -1.05. The fraction of sp³-hybridized carbons (Fsp3) is 0.795. The molecule has 0 radical (unpaired) electrons. The number of rotatable bonds is 16. The lowest BCUT2D eigenvalue weighted by Crippen LogP contribution is -2.63. The number of piperidine rings is 1. The monoisotopic (exact) mass is 730 g/mol. The number of urea groups is 1. The quantitative estimate of drug-likeness (QED) is 0.119. The van der Waals surface area contributed by atoms with Crippen molar-refractivity contribution >= 4 is 35.4 Å². The van der Waals surface area contributed by atoms with Crippen molar-refractivity contribution in [2.24, 2.45) is 22.7 Å². The smallest absolute Gasteiger partial charge is 0.315 e. The van der Waals surface area contributed by atoms with Gasteiger partial charge in [-0.1, -0.05) is 80.2 Å². The molecule has 0 aromatic heterocycles. The number of ketones is 1. The number of aliphatic hydroxyl groups is 1. The standard InChI is InChI=1S/C39H66N6O7/c1-9-15-27(32(48)35(50)40-21-10-2)41-34(49)31-26(23-25(3)4)18-22-44(31)36(51)33(39(8)19-12-11-13-20-39)43-37(52)42-28(38(5,6)7)24-45-29(46)16-14-17-30(45)47/h10,25-29,31,33,46H,2,9,11-24H2,1,3-8H3,(H,40,50)(H,41,49)(H2,42,43,52)/t26-,27?,28-,29?,31+,33-/m1/s1. The molecule has 6 amide bonds. The third-order valence-electron chi connectivity index (χ3n) is 11.2. The molecule has 1 aliphatic carbocycles. The average molecular weight is 731 g/mol. The van der Waals surface area contributed by atoms with E-state index >= 15 is 0 Å². The molecular formula is C39H66N6O7. The molecule has 6 atom stereocenters. The number of carbonyl (C=O) groups is 6. The van der Waals surface area contributed by atoms with Crippen LogP contribution in [0.4, 0.5) is 4.79 Å². The van der Waals surface area contributed by atoms with Gasteiger partial charge >= 0.3 is 6.03 Å². The van der Waals surface area contributed by atoms with E-state index in [1.807, 2.05) is 34.6 Å². The van der Waals surface area contributed by atoms with Crippen molar-refractivity contribution in [3.05, 3.63) is 12.7 Å². The summed E-state index contributed by atoms with van der Waals surface area (Å²) in [6.45, 7) is 18.0. The van der Waals surface area contributed by atoms with Gasteiger partial charge in [0, 0.05) is 26.1 Å². The SMILES string of the molecule is C=CCNC(=O)C(=O)C(CCC)NC(=O)[C@@H]1[C@@H](CC(C)C)CCN1C(=O)[C@@H](NC(=O)N[C@H](CN1C(=O)CCCC1O)C(C)(C)C)C1(C)CCCCC1. The molecule has 52 heavy (non-hydrogen) atoms. The first kappa shape index (κ1) is 42.9. The Balaban J connectivity index is 1.92. The van der Waals surface area contributed by atoms with Crippen molar-refractivity contribution in [1.82, 2.24) is 31.1 Å². The summed E-state index contributed by atoms with van der Waals surface area (Å²) in [6.07, 6.45) is 8.32. The van der Waals surface area contributed by atoms with Crippen molar-refractivity contribution in [3.8, 4) is 0 Å². The first-order chi connectivity index (χ1) is 24.4. The summed E-state index contributed by atoms with van der Waals surface area (Å²) in [6, 6.07) is -3.96. The van der Waals surface area contributed by atoms with Crippen LogP contribution in [-0.4, -0.2) is 100 Å². The molecule has 2 aliphatic heterocycles. The first-order valence-corrected chi connectivity index (χ1v) is 19.5. The molecular weight excluding hydrogens is 664 g/mol. The number of nitrogens with one attached hydrogen (secondary N) is 4. The lowest BCUT2D eigenvalue weighted by Gasteiger charge is -2.43. The van der Waals surface area contributed by atoms with Crippen molar-refractivity contribution < 1.29 is 33.9 Å². The maximum absolute atomic E-state index is 14.9. The molecule has 13 heteroatoms. The molecule has 0 aromatic rings. The maximum Gasteiger partial charge on any atom is 0.315 e. The van der Waals surface area contributed by atoms with Gasteiger partial charge in [0.1, 0.15) is 18.3 Å². The molecule has 0 bridgehead atoms. The molecule has 0 spiro atoms. The van der Waals surface area contributed by atoms with Crippen molar-refractivity contribution in [2.45, 2.75) is 156 Å². The molecule has 2 heterocycles. The van der Waals surface area contributed by atoms with Gasteiger partial charge in [0.15, 0.2) is 0 Å². The van der Waals surface area contributed by atoms with Crippen LogP contribution < -0.4 is 21.3 Å². The normalized spacial score (nSPS) is 23.7. The van der Waals surface area contributed by atoms with Crippen LogP contribution in [0.5, 0.6) is 0 Å². The highest BCUT2D eigenvalue weighted by Crippen LogP contribution is 2.41. The molecule has 0 aromatic carbocycles. The summed E-state index contributed by atoms with van der Waals surface area (Å²) in [5.74, 6) is -2.47. The molecule has 3 fully saturated rings. The zero-order valence-corrected chi connectivity index (χ0v) is 32.7. The van der Waals surface area contributed by atoms with Gasteiger partial charge < -0.3 is 36.2 Å². The van der Waals surface area contributed by atoms with Crippen LogP contribution in [0.2, 0.25) is 0 Å². The summed E-state index contributed by atoms with van der Waals surface area (Å²) in [4.78, 5) is 84.5. The predicted octanol–water partition coefficient (Wildman–Crippen LogP) is 3.79. The minimum absolute atomic E-state index is 0.119. The Morgan fingerprint density at radius 3 is 2.27 bits per heavy atom. The molecule has 13 nitrogen and oxygen atoms in total. The Labute approximate surface area is 310 Å². The van der Waals surface area contributed by atoms with E-state index in [9.17, 15) is 33.9 Å². The Kier molecular flexibility index (Phi) is 15.7. The minimum Gasteiger partial charge on any atom is -0.374 e. The molecule has 2 saturated heterocycles. The van der Waals surface area contributed by atoms with Gasteiger partial charge in [0.25, 0.3) is 5.91 Å². The maximum atomic E-state index is 14.9. The van der Waals surface area contributed by atoms with Crippen LogP contribution in [0.3, 0.4) is 0 Å². The first-order valence-electron chi connectivity index (χ1n) is 19.5. The average Bonchev–Trinajstić information content (AvgIpc) is 3.49. The van der Waals surface area contributed by atoms with Gasteiger partial charge in [-0.2, -0.15) is 0 Å². The second-order valence-corrected chi connectivity index (χ2v) is 17.0. The van der Waals surface area contributed by atoms with E-state index in [4.69, 9.17) is 0 Å². The Morgan fingerprint density at radius 1 is 1.02 bits per heavy atom. The van der Waals surface area contributed by atoms with Crippen LogP contribution in [0.25, 0.3) is 0 Å². The highest BCUT2D eigenvalue weighted by molar-refractivity contribution is 6.38. The summed E-state index contributed by atoms with van der Waals surface area (Å²) < 4.78 is 0. The van der Waals surface area contributed by atoms with E-state index in [0.717, 1.165) is 19.3 Å². The van der Waals surface area contributed by atoms with Gasteiger partial charge in [-0.15, -0.1) is 6.58 Å². The fourth-order valence-corrected chi connectivity index (χ4v) is 8.07. The van der Waals surface area contributed by atoms with E-state index in [2.05, 4.69) is 41.7 Å². The molecule has 294 valence electrons. The van der Waals surface area contributed by atoms with E-state index in [1.54, 1.807) is 4.90 Å². The van der Waals surface area contributed by atoms with Crippen molar-refractivity contribution in [1.29, 1.82) is 0 Å². The molecule has 5 N–H and O–H groups in total. The third kappa shape index (κ3) is 11.3. The lowest BCUT2D eigenvalue weighted by atomic mass is 9.70. The zero-order valence-electron chi connectivity index (χ0n) is 32.7. The van der Waals surface area contributed by atoms with E-state index < -0.39 is 64.9 Å². The Hall–Kier alpha value is -3.48. The van der Waals surface area contributed by atoms with Gasteiger partial charge in [-0.3, -0.25) is 24.0 Å². The van der Waals surface area contributed by atoms with Gasteiger partial charge in [0.05, 0.1) is 12.1 Å². The molecule has 3 rings (SSSR count). The number of likely N-dealkylation sites (tertiary alicyclic amines) is 2. The number of aliphatic hydroxyl groups excluding tert-OH is 1. The second-order valence-electron chi connectivity index (χ2n) is 17.0. The van der Waals surface area contributed by atoms with Gasteiger partial charge in [-0.25, -0.2) is 4.79 Å². The summed E-state index contributed by atoms with van der Waals surface area (Å²) in [5, 5.41) is 22.0. The number of nitrogens with zero attached hydrogens (tertiary/aromatic N) is 2. The highest BCUT2D eigenvalue weighted by Gasteiger charge is 2.49. The third-order valence-corrected chi connectivity index (χ3v) is 11.2. The van der Waals surface area contributed by atoms with Crippen LogP contribution in [-0.2, 0) is 24.0 Å². The van der Waals surface area contributed by atoms with E-state index in [1.165, 1.54) is 11.0 Å². The Morgan fingerprint density at radius 2 is 1.69 bits per heavy atom. The van der Waals surface area contributed by atoms with Gasteiger partial charge in [-0.05, 0) is 67.6 Å². The fourth-order valence-electron chi connectivity index (χ4n) is 8.07. The second kappa shape index (κ2) is 19.0. The van der Waals surface area contributed by atoms with Crippen LogP contribution in [0.15, 0.2) is 12.7 Å². The van der Waals surface area contributed by atoms with Crippen LogP contribution in [0.1, 0.15) is 126 Å². The van der Waals surface area contributed by atoms with Crippen molar-refractivity contribution in [2.75, 3.05) is 19.6 Å². The summed E-state index contributed by atoms with van der Waals surface area (Å²) in [7, 11) is 0. The number of hydrogen-bond donors (Lipinski definition) is 5. The largest absolute Gasteiger partial charge is 0.374 e. The molecule has 3 aliphatic rings. The van der Waals surface area contributed by atoms with E-state index in [0.29, 0.717) is 57.9 Å². The van der Waals surface area contributed by atoms with E-state index in [-0.39, 0.29) is 43.2 Å². The molecule has 1 saturated carbocycles. The number of amides is 6. The zero-order chi connectivity index (χ0) is 38.8. The number of hydrogen-bond acceptors (Lipinski definition) is 7. The predicted molar refractivity (Wildman–Crippen MR) is 200 cm³/mol. The summed E-state index contributed by atoms with van der Waals surface area (Å²) >= 11 is 0.